The van der Waals surface area contributed by atoms with Gasteiger partial charge in [-0.2, -0.15) is 0 Å². The van der Waals surface area contributed by atoms with Crippen LogP contribution in [0.2, 0.25) is 0 Å². The minimum absolute atomic E-state index is 0.0709. The number of carbonyl (C=O) groups excluding carboxylic acids is 1. The first kappa shape index (κ1) is 35.9. The van der Waals surface area contributed by atoms with E-state index in [0.29, 0.717) is 0 Å². The zero-order chi connectivity index (χ0) is 29.9. The molecule has 2 aliphatic heterocycles. The van der Waals surface area contributed by atoms with Gasteiger partial charge in [-0.15, -0.1) is 0 Å². The minimum atomic E-state index is -2.46. The van der Waals surface area contributed by atoms with Crippen molar-refractivity contribution in [1.29, 1.82) is 0 Å². The summed E-state index contributed by atoms with van der Waals surface area (Å²) in [4.78, 5) is 11.9. The number of esters is 1. The minimum Gasteiger partial charge on any atom is -0.454 e. The molecule has 0 aromatic rings. The summed E-state index contributed by atoms with van der Waals surface area (Å²) < 4.78 is 20.7. The van der Waals surface area contributed by atoms with Gasteiger partial charge in [0.05, 0.1) is 33.0 Å². The standard InChI is InChI=1S/C16H28O13.C5H12O5/c17-3-1-2-9(21)28-13-12(24)11(23)8(4-18)27-15(13)29-14-10(22)7(20)5-26-16(14,25)6-19;6-1-3(8)5(10)4(9)2-7/h7-8,10-15,17-20,22-25H,1-6H2;3-10H,1-2H2/t7-,8-,10-,11-,12+,13-,14+,15-,16?;3-,4+,5?/m1./s1. The zero-order valence-electron chi connectivity index (χ0n) is 20.9. The SMILES string of the molecule is O=C(CCCO)O[C@H]1[C@@H](O[C@H]2[C@H](O)[C@H](O)COC2(O)CO)O[C@H](CO)[C@@H](O)[C@@H]1O.OC[C@@H](O)C(O)[C@@H](O)CO. The average molecular weight is 581 g/mol. The Morgan fingerprint density at radius 2 is 1.51 bits per heavy atom. The molecule has 18 nitrogen and oxygen atoms in total. The monoisotopic (exact) mass is 580 g/mol. The van der Waals surface area contributed by atoms with Gasteiger partial charge in [-0.1, -0.05) is 0 Å². The molecule has 2 saturated heterocycles. The topological polar surface area (TPSA) is 317 Å². The van der Waals surface area contributed by atoms with E-state index in [2.05, 4.69) is 0 Å². The van der Waals surface area contributed by atoms with E-state index in [9.17, 15) is 40.5 Å². The van der Waals surface area contributed by atoms with E-state index in [0.717, 1.165) is 0 Å². The number of aliphatic hydroxyl groups excluding tert-OH is 12. The van der Waals surface area contributed by atoms with Gasteiger partial charge in [-0.25, -0.2) is 0 Å². The molecule has 2 unspecified atom stereocenters. The molecule has 232 valence electrons. The summed E-state index contributed by atoms with van der Waals surface area (Å²) >= 11 is 0. The van der Waals surface area contributed by atoms with Crippen molar-refractivity contribution in [1.82, 2.24) is 0 Å². The highest BCUT2D eigenvalue weighted by Crippen LogP contribution is 2.32. The van der Waals surface area contributed by atoms with E-state index >= 15 is 0 Å². The Hall–Kier alpha value is -1.17. The first-order valence-electron chi connectivity index (χ1n) is 12.0. The molecule has 0 saturated carbocycles. The van der Waals surface area contributed by atoms with E-state index in [1.807, 2.05) is 0 Å². The van der Waals surface area contributed by atoms with Gasteiger partial charge in [0.15, 0.2) is 12.4 Å². The van der Waals surface area contributed by atoms with E-state index < -0.39 is 112 Å². The predicted octanol–water partition coefficient (Wildman–Crippen LogP) is -8.02. The van der Waals surface area contributed by atoms with Crippen LogP contribution in [0.15, 0.2) is 0 Å². The lowest BCUT2D eigenvalue weighted by molar-refractivity contribution is -0.387. The molecular formula is C21H40O18. The molecule has 0 bridgehead atoms. The maximum absolute atomic E-state index is 11.9. The van der Waals surface area contributed by atoms with Crippen molar-refractivity contribution in [3.63, 3.8) is 0 Å². The van der Waals surface area contributed by atoms with Crippen LogP contribution in [0.3, 0.4) is 0 Å². The van der Waals surface area contributed by atoms with Gasteiger partial charge in [0, 0.05) is 13.0 Å². The van der Waals surface area contributed by atoms with Crippen molar-refractivity contribution in [2.24, 2.45) is 0 Å². The average Bonchev–Trinajstić information content (AvgIpc) is 2.94. The highest BCUT2D eigenvalue weighted by atomic mass is 16.7. The summed E-state index contributed by atoms with van der Waals surface area (Å²) in [5, 5.41) is 121. The molecular weight excluding hydrogens is 540 g/mol. The van der Waals surface area contributed by atoms with E-state index in [4.69, 9.17) is 49.6 Å². The first-order valence-corrected chi connectivity index (χ1v) is 12.0. The fraction of sp³-hybridized carbons (Fsp3) is 0.952. The number of rotatable bonds is 12. The van der Waals surface area contributed by atoms with Crippen molar-refractivity contribution in [3.05, 3.63) is 0 Å². The van der Waals surface area contributed by atoms with Gasteiger partial charge >= 0.3 is 5.97 Å². The fourth-order valence-corrected chi connectivity index (χ4v) is 3.54. The van der Waals surface area contributed by atoms with Crippen LogP contribution < -0.4 is 0 Å². The molecule has 2 rings (SSSR count). The summed E-state index contributed by atoms with van der Waals surface area (Å²) in [5.74, 6) is -3.32. The van der Waals surface area contributed by atoms with Crippen LogP contribution in [0, 0.1) is 0 Å². The summed E-state index contributed by atoms with van der Waals surface area (Å²) in [6.45, 7) is -3.87. The molecule has 0 amide bonds. The fourth-order valence-electron chi connectivity index (χ4n) is 3.54. The van der Waals surface area contributed by atoms with Gasteiger partial charge in [0.25, 0.3) is 0 Å². The number of hydrogen-bond acceptors (Lipinski definition) is 18. The molecule has 13 N–H and O–H groups in total. The van der Waals surface area contributed by atoms with Gasteiger partial charge in [-0.05, 0) is 6.42 Å². The predicted molar refractivity (Wildman–Crippen MR) is 121 cm³/mol. The maximum atomic E-state index is 11.9. The van der Waals surface area contributed by atoms with Crippen LogP contribution in [-0.2, 0) is 23.7 Å². The summed E-state index contributed by atoms with van der Waals surface area (Å²) in [7, 11) is 0. The van der Waals surface area contributed by atoms with Crippen LogP contribution >= 0.6 is 0 Å². The first-order chi connectivity index (χ1) is 18.3. The smallest absolute Gasteiger partial charge is 0.306 e. The number of hydrogen-bond donors (Lipinski definition) is 13. The number of aliphatic hydroxyl groups is 13. The molecule has 2 heterocycles. The molecule has 12 atom stereocenters. The van der Waals surface area contributed by atoms with Crippen molar-refractivity contribution < 1.29 is 90.1 Å². The van der Waals surface area contributed by atoms with E-state index in [1.54, 1.807) is 0 Å². The van der Waals surface area contributed by atoms with Crippen LogP contribution in [0.1, 0.15) is 12.8 Å². The summed E-state index contributed by atoms with van der Waals surface area (Å²) in [6.07, 6.45) is -17.7. The van der Waals surface area contributed by atoms with Crippen LogP contribution in [-0.4, -0.2) is 185 Å². The maximum Gasteiger partial charge on any atom is 0.306 e. The Balaban J connectivity index is 0.000000646. The Morgan fingerprint density at radius 1 is 0.923 bits per heavy atom. The summed E-state index contributed by atoms with van der Waals surface area (Å²) in [5.41, 5.74) is 0. The normalized spacial score (nSPS) is 37.3. The molecule has 0 spiro atoms. The Bertz CT molecular complexity index is 690. The zero-order valence-corrected chi connectivity index (χ0v) is 20.9. The highest BCUT2D eigenvalue weighted by Gasteiger charge is 2.55. The lowest BCUT2D eigenvalue weighted by Crippen LogP contribution is -2.67. The Morgan fingerprint density at radius 3 is 2.00 bits per heavy atom. The molecule has 0 aromatic carbocycles. The summed E-state index contributed by atoms with van der Waals surface area (Å²) in [6, 6.07) is 0. The van der Waals surface area contributed by atoms with Crippen LogP contribution in [0.5, 0.6) is 0 Å². The lowest BCUT2D eigenvalue weighted by atomic mass is 9.95. The molecule has 0 aliphatic carbocycles. The highest BCUT2D eigenvalue weighted by molar-refractivity contribution is 5.69. The molecule has 0 radical (unpaired) electrons. The molecule has 2 fully saturated rings. The third kappa shape index (κ3) is 9.71. The van der Waals surface area contributed by atoms with Crippen molar-refractivity contribution in [3.8, 4) is 0 Å². The molecule has 0 aromatic heterocycles. The van der Waals surface area contributed by atoms with Crippen molar-refractivity contribution >= 4 is 5.97 Å². The molecule has 2 aliphatic rings. The van der Waals surface area contributed by atoms with Crippen LogP contribution in [0.25, 0.3) is 0 Å². The lowest BCUT2D eigenvalue weighted by Gasteiger charge is -2.47. The largest absolute Gasteiger partial charge is 0.454 e. The van der Waals surface area contributed by atoms with Gasteiger partial charge in [-0.3, -0.25) is 4.79 Å². The van der Waals surface area contributed by atoms with Gasteiger partial charge < -0.3 is 85.3 Å². The second-order valence-electron chi connectivity index (χ2n) is 8.91. The third-order valence-electron chi connectivity index (χ3n) is 5.95. The van der Waals surface area contributed by atoms with Crippen molar-refractivity contribution in [2.45, 2.75) is 86.0 Å². The van der Waals surface area contributed by atoms with E-state index in [1.165, 1.54) is 0 Å². The van der Waals surface area contributed by atoms with Gasteiger partial charge in [0.2, 0.25) is 5.79 Å². The molecule has 39 heavy (non-hydrogen) atoms. The Kier molecular flexibility index (Phi) is 15.6. The van der Waals surface area contributed by atoms with E-state index in [-0.39, 0.29) is 19.4 Å². The number of ether oxygens (including phenoxy) is 4. The number of carbonyl (C=O) groups is 1. The molecule has 18 heteroatoms. The van der Waals surface area contributed by atoms with Crippen molar-refractivity contribution in [2.75, 3.05) is 39.6 Å². The van der Waals surface area contributed by atoms with Crippen LogP contribution in [0.4, 0.5) is 0 Å². The quantitative estimate of drug-likeness (QED) is 0.0953. The second-order valence-corrected chi connectivity index (χ2v) is 8.91. The van der Waals surface area contributed by atoms with Gasteiger partial charge in [0.1, 0.15) is 54.9 Å². The second kappa shape index (κ2) is 16.9. The Labute approximate surface area is 222 Å². The third-order valence-corrected chi connectivity index (χ3v) is 5.95.